The van der Waals surface area contributed by atoms with E-state index < -0.39 is 24.6 Å². The quantitative estimate of drug-likeness (QED) is 0.185. The van der Waals surface area contributed by atoms with Crippen LogP contribution in [0.1, 0.15) is 55.1 Å². The van der Waals surface area contributed by atoms with Crippen LogP contribution in [0.25, 0.3) is 0 Å². The van der Waals surface area contributed by atoms with E-state index in [1.54, 1.807) is 0 Å². The second kappa shape index (κ2) is 18.0. The summed E-state index contributed by atoms with van der Waals surface area (Å²) in [7, 11) is 0. The maximum atomic E-state index is 10.9. The van der Waals surface area contributed by atoms with Gasteiger partial charge in [-0.25, -0.2) is 0 Å². The molecule has 7 nitrogen and oxygen atoms in total. The van der Waals surface area contributed by atoms with E-state index in [0.29, 0.717) is 19.4 Å². The summed E-state index contributed by atoms with van der Waals surface area (Å²) in [4.78, 5) is 2.36. The van der Waals surface area contributed by atoms with Crippen molar-refractivity contribution < 1.29 is 24.4 Å². The molecule has 4 rings (SSSR count). The van der Waals surface area contributed by atoms with Crippen molar-refractivity contribution in [2.45, 2.75) is 69.5 Å². The number of benzene rings is 3. The van der Waals surface area contributed by atoms with E-state index >= 15 is 0 Å². The Bertz CT molecular complexity index is 1120. The Kier molecular flexibility index (Phi) is 13.8. The maximum absolute atomic E-state index is 10.9. The number of nitrogens with two attached hydrogens (primary N) is 1. The molecule has 0 amide bonds. The van der Waals surface area contributed by atoms with Gasteiger partial charge in [0.15, 0.2) is 6.29 Å². The molecular weight excluding hydrogens is 528 g/mol. The number of hydrogen-bond donors (Lipinski definition) is 3. The highest BCUT2D eigenvalue weighted by Gasteiger charge is 2.33. The fraction of sp³-hybridized carbons (Fsp3) is 0.486. The van der Waals surface area contributed by atoms with Crippen molar-refractivity contribution in [1.29, 1.82) is 0 Å². The minimum Gasteiger partial charge on any atom is -0.492 e. The van der Waals surface area contributed by atoms with Crippen LogP contribution in [-0.4, -0.2) is 72.8 Å². The van der Waals surface area contributed by atoms with Crippen LogP contribution >= 0.6 is 0 Å². The van der Waals surface area contributed by atoms with Crippen LogP contribution in [-0.2, 0) is 22.3 Å². The van der Waals surface area contributed by atoms with Crippen molar-refractivity contribution in [3.63, 3.8) is 0 Å². The Morgan fingerprint density at radius 2 is 1.52 bits per heavy atom. The van der Waals surface area contributed by atoms with E-state index in [1.807, 2.05) is 48.5 Å². The predicted molar refractivity (Wildman–Crippen MR) is 166 cm³/mol. The summed E-state index contributed by atoms with van der Waals surface area (Å²) in [5.74, 6) is 0.875. The molecule has 228 valence electrons. The third-order valence-electron chi connectivity index (χ3n) is 7.80. The molecule has 0 aliphatic carbocycles. The number of hydrogen-bond acceptors (Lipinski definition) is 7. The first kappa shape index (κ1) is 32.1. The average Bonchev–Trinajstić information content (AvgIpc) is 3.02. The van der Waals surface area contributed by atoms with Crippen molar-refractivity contribution in [2.24, 2.45) is 5.73 Å². The number of aliphatic hydroxyl groups is 2. The van der Waals surface area contributed by atoms with E-state index in [1.165, 1.54) is 11.1 Å². The van der Waals surface area contributed by atoms with Crippen LogP contribution in [0.5, 0.6) is 5.75 Å². The Morgan fingerprint density at radius 1 is 0.833 bits per heavy atom. The van der Waals surface area contributed by atoms with E-state index in [0.717, 1.165) is 69.6 Å². The predicted octanol–water partition coefficient (Wildman–Crippen LogP) is 4.90. The molecule has 1 aliphatic rings. The normalized spacial score (nSPS) is 19.6. The first-order valence-electron chi connectivity index (χ1n) is 15.5. The second-order valence-electron chi connectivity index (χ2n) is 11.2. The van der Waals surface area contributed by atoms with Crippen LogP contribution in [0.4, 0.5) is 0 Å². The fourth-order valence-corrected chi connectivity index (χ4v) is 5.30. The van der Waals surface area contributed by atoms with Gasteiger partial charge in [0.05, 0.1) is 18.8 Å². The molecule has 1 heterocycles. The zero-order chi connectivity index (χ0) is 29.4. The zero-order valence-corrected chi connectivity index (χ0v) is 24.7. The third kappa shape index (κ3) is 11.1. The van der Waals surface area contributed by atoms with Gasteiger partial charge in [0.1, 0.15) is 18.5 Å². The van der Waals surface area contributed by atoms with Crippen LogP contribution in [0, 0.1) is 0 Å². The molecule has 1 saturated heterocycles. The van der Waals surface area contributed by atoms with Crippen molar-refractivity contribution in [1.82, 2.24) is 4.90 Å². The Hall–Kier alpha value is -2.78. The first-order valence-corrected chi connectivity index (χ1v) is 15.5. The van der Waals surface area contributed by atoms with Crippen molar-refractivity contribution in [2.75, 3.05) is 39.4 Å². The monoisotopic (exact) mass is 576 g/mol. The van der Waals surface area contributed by atoms with E-state index in [-0.39, 0.29) is 6.61 Å². The summed E-state index contributed by atoms with van der Waals surface area (Å²) in [5, 5.41) is 21.4. The van der Waals surface area contributed by atoms with Crippen LogP contribution in [0.3, 0.4) is 0 Å². The highest BCUT2D eigenvalue weighted by Crippen LogP contribution is 2.28. The van der Waals surface area contributed by atoms with Gasteiger partial charge >= 0.3 is 0 Å². The molecular formula is C35H48N2O5. The molecule has 1 aliphatic heterocycles. The topological polar surface area (TPSA) is 97.4 Å². The van der Waals surface area contributed by atoms with Gasteiger partial charge in [-0.1, -0.05) is 72.8 Å². The van der Waals surface area contributed by atoms with Crippen molar-refractivity contribution in [3.05, 3.63) is 102 Å². The summed E-state index contributed by atoms with van der Waals surface area (Å²) < 4.78 is 17.8. The molecule has 7 heteroatoms. The maximum Gasteiger partial charge on any atom is 0.184 e. The highest BCUT2D eigenvalue weighted by atomic mass is 16.7. The van der Waals surface area contributed by atoms with Crippen LogP contribution in [0.15, 0.2) is 84.9 Å². The molecule has 0 radical (unpaired) electrons. The summed E-state index contributed by atoms with van der Waals surface area (Å²) in [5.41, 5.74) is 9.16. The lowest BCUT2D eigenvalue weighted by molar-refractivity contribution is -0.261. The molecule has 0 spiro atoms. The fourth-order valence-electron chi connectivity index (χ4n) is 5.30. The van der Waals surface area contributed by atoms with E-state index in [9.17, 15) is 10.2 Å². The van der Waals surface area contributed by atoms with E-state index in [2.05, 4.69) is 41.3 Å². The lowest BCUT2D eigenvalue weighted by Crippen LogP contribution is -2.42. The average molecular weight is 577 g/mol. The lowest BCUT2D eigenvalue weighted by Gasteiger charge is -2.35. The molecule has 0 saturated carbocycles. The minimum atomic E-state index is -0.762. The first-order chi connectivity index (χ1) is 20.6. The van der Waals surface area contributed by atoms with Crippen LogP contribution < -0.4 is 10.5 Å². The number of aliphatic hydroxyl groups excluding tert-OH is 2. The van der Waals surface area contributed by atoms with Crippen molar-refractivity contribution >= 4 is 0 Å². The second-order valence-corrected chi connectivity index (χ2v) is 11.2. The van der Waals surface area contributed by atoms with Crippen LogP contribution in [0.2, 0.25) is 0 Å². The molecule has 0 bridgehead atoms. The largest absolute Gasteiger partial charge is 0.492 e. The number of rotatable bonds is 18. The van der Waals surface area contributed by atoms with Gasteiger partial charge in [-0.15, -0.1) is 0 Å². The van der Waals surface area contributed by atoms with Gasteiger partial charge in [0, 0.05) is 25.1 Å². The SMILES string of the molecule is NCCCCc1ccc(OCCN(CCCc2ccccc2)CC[C@@H](O)C[C@@H]2OC(c3ccccc3)OC[C@H]2O)cc1. The van der Waals surface area contributed by atoms with Gasteiger partial charge in [-0.3, -0.25) is 4.90 Å². The summed E-state index contributed by atoms with van der Waals surface area (Å²) in [6.07, 6.45) is 3.81. The molecule has 3 aromatic carbocycles. The highest BCUT2D eigenvalue weighted by molar-refractivity contribution is 5.27. The van der Waals surface area contributed by atoms with Gasteiger partial charge in [-0.05, 0) is 74.9 Å². The molecule has 4 atom stereocenters. The standard InChI is InChI=1S/C35H48N2O5/c36-21-8-7-12-29-16-18-32(19-17-29)40-25-24-37(22-9-13-28-10-3-1-4-11-28)23-20-31(38)26-34-33(39)27-41-35(42-34)30-14-5-2-6-15-30/h1-6,10-11,14-19,31,33-35,38-39H,7-9,12-13,20-27,36H2/t31-,33-,34+,35?/m1/s1. The Balaban J connectivity index is 1.25. The minimum absolute atomic E-state index is 0.189. The van der Waals surface area contributed by atoms with Crippen molar-refractivity contribution in [3.8, 4) is 5.75 Å². The molecule has 1 fully saturated rings. The number of aryl methyl sites for hydroxylation is 2. The molecule has 3 aromatic rings. The third-order valence-corrected chi connectivity index (χ3v) is 7.80. The molecule has 42 heavy (non-hydrogen) atoms. The summed E-state index contributed by atoms with van der Waals surface area (Å²) >= 11 is 0. The number of nitrogens with zero attached hydrogens (tertiary/aromatic N) is 1. The summed E-state index contributed by atoms with van der Waals surface area (Å²) in [6, 6.07) is 28.6. The van der Waals surface area contributed by atoms with Gasteiger partial charge in [0.2, 0.25) is 0 Å². The van der Waals surface area contributed by atoms with Gasteiger partial charge in [0.25, 0.3) is 0 Å². The lowest BCUT2D eigenvalue weighted by atomic mass is 10.0. The zero-order valence-electron chi connectivity index (χ0n) is 24.7. The number of ether oxygens (including phenoxy) is 3. The molecule has 1 unspecified atom stereocenters. The smallest absolute Gasteiger partial charge is 0.184 e. The molecule has 0 aromatic heterocycles. The van der Waals surface area contributed by atoms with E-state index in [4.69, 9.17) is 19.9 Å². The number of unbranched alkanes of at least 4 members (excludes halogenated alkanes) is 1. The summed E-state index contributed by atoms with van der Waals surface area (Å²) in [6.45, 7) is 3.92. The Labute approximate surface area is 251 Å². The molecule has 4 N–H and O–H groups in total. The van der Waals surface area contributed by atoms with Gasteiger partial charge in [-0.2, -0.15) is 0 Å². The Morgan fingerprint density at radius 3 is 2.26 bits per heavy atom. The van der Waals surface area contributed by atoms with Gasteiger partial charge < -0.3 is 30.2 Å².